The Labute approximate surface area is 184 Å². The Morgan fingerprint density at radius 3 is 2.66 bits per heavy atom. The van der Waals surface area contributed by atoms with Gasteiger partial charge in [0.05, 0.1) is 11.9 Å². The fourth-order valence-corrected chi connectivity index (χ4v) is 4.94. The van der Waals surface area contributed by atoms with Crippen molar-refractivity contribution in [3.63, 3.8) is 0 Å². The number of nitrogens with zero attached hydrogens (tertiary/aromatic N) is 4. The van der Waals surface area contributed by atoms with Gasteiger partial charge in [-0.25, -0.2) is 4.68 Å². The molecule has 1 saturated heterocycles. The van der Waals surface area contributed by atoms with E-state index >= 15 is 0 Å². The lowest BCUT2D eigenvalue weighted by atomic mass is 10.0. The van der Waals surface area contributed by atoms with Crippen LogP contribution in [0.15, 0.2) is 42.6 Å². The molecule has 1 aromatic heterocycles. The zero-order chi connectivity index (χ0) is 21.8. The Morgan fingerprint density at radius 2 is 1.78 bits per heavy atom. The summed E-state index contributed by atoms with van der Waals surface area (Å²) in [5.41, 5.74) is 6.79. The number of benzene rings is 2. The first-order chi connectivity index (χ1) is 15.6. The van der Waals surface area contributed by atoms with Gasteiger partial charge in [-0.05, 0) is 60.6 Å². The molecule has 160 valence electrons. The molecule has 0 bridgehead atoms. The van der Waals surface area contributed by atoms with E-state index in [4.69, 9.17) is 0 Å². The van der Waals surface area contributed by atoms with E-state index in [-0.39, 0.29) is 18.2 Å². The molecule has 3 aromatic rings. The number of hydrogen-bond acceptors (Lipinski definition) is 5. The minimum Gasteiger partial charge on any atom is -0.322 e. The Balaban J connectivity index is 1.26. The first-order valence-corrected chi connectivity index (χ1v) is 10.9. The van der Waals surface area contributed by atoms with Gasteiger partial charge < -0.3 is 4.90 Å². The van der Waals surface area contributed by atoms with Crippen molar-refractivity contribution >= 4 is 17.7 Å². The lowest BCUT2D eigenvalue weighted by molar-refractivity contribution is -0.136. The molecular weight excluding hydrogens is 406 g/mol. The number of imide groups is 1. The van der Waals surface area contributed by atoms with Crippen LogP contribution >= 0.6 is 0 Å². The molecule has 1 aliphatic carbocycles. The molecule has 32 heavy (non-hydrogen) atoms. The normalized spacial score (nSPS) is 19.8. The van der Waals surface area contributed by atoms with Gasteiger partial charge in [-0.3, -0.25) is 19.7 Å². The van der Waals surface area contributed by atoms with Gasteiger partial charge in [-0.2, -0.15) is 0 Å². The fraction of sp³-hybridized carbons (Fsp3) is 0.292. The largest absolute Gasteiger partial charge is 0.322 e. The van der Waals surface area contributed by atoms with E-state index < -0.39 is 11.9 Å². The molecule has 1 atom stereocenters. The van der Waals surface area contributed by atoms with Gasteiger partial charge in [-0.1, -0.05) is 23.4 Å². The summed E-state index contributed by atoms with van der Waals surface area (Å²) in [5, 5.41) is 10.9. The summed E-state index contributed by atoms with van der Waals surface area (Å²) in [6, 6.07) is 11.4. The summed E-state index contributed by atoms with van der Waals surface area (Å²) in [5.74, 6) is -0.892. The van der Waals surface area contributed by atoms with E-state index in [1.54, 1.807) is 15.6 Å². The Bertz CT molecular complexity index is 1290. The summed E-state index contributed by atoms with van der Waals surface area (Å²) in [7, 11) is 0. The number of aryl methyl sites for hydroxylation is 2. The molecule has 0 saturated carbocycles. The second-order valence-corrected chi connectivity index (χ2v) is 8.63. The molecule has 1 N–H and O–H groups in total. The first kappa shape index (κ1) is 18.9. The molecule has 8 heteroatoms. The number of fused-ring (bicyclic) bond motifs is 2. The number of carbonyl (C=O) groups is 3. The van der Waals surface area contributed by atoms with Gasteiger partial charge in [0.25, 0.3) is 5.91 Å². The molecule has 3 amide bonds. The van der Waals surface area contributed by atoms with Gasteiger partial charge in [0.2, 0.25) is 11.8 Å². The summed E-state index contributed by atoms with van der Waals surface area (Å²) >= 11 is 0. The highest BCUT2D eigenvalue weighted by Gasteiger charge is 2.39. The van der Waals surface area contributed by atoms with Crippen molar-refractivity contribution in [1.82, 2.24) is 25.2 Å². The average Bonchev–Trinajstić information content (AvgIpc) is 3.52. The number of amides is 3. The molecule has 1 fully saturated rings. The van der Waals surface area contributed by atoms with Crippen molar-refractivity contribution in [2.45, 2.75) is 44.7 Å². The van der Waals surface area contributed by atoms with Crippen LogP contribution in [0.25, 0.3) is 16.9 Å². The van der Waals surface area contributed by atoms with Crippen molar-refractivity contribution in [3.8, 4) is 16.9 Å². The third-order valence-corrected chi connectivity index (χ3v) is 6.66. The fourth-order valence-electron chi connectivity index (χ4n) is 4.94. The number of aromatic nitrogens is 3. The zero-order valence-electron chi connectivity index (χ0n) is 17.4. The van der Waals surface area contributed by atoms with Gasteiger partial charge in [0.1, 0.15) is 11.7 Å². The van der Waals surface area contributed by atoms with Crippen molar-refractivity contribution < 1.29 is 14.4 Å². The number of rotatable bonds is 3. The average molecular weight is 427 g/mol. The van der Waals surface area contributed by atoms with Crippen LogP contribution in [0.2, 0.25) is 0 Å². The molecular formula is C24H21N5O3. The number of carbonyl (C=O) groups excluding carboxylic acids is 3. The summed E-state index contributed by atoms with van der Waals surface area (Å²) in [6.07, 6.45) is 5.91. The van der Waals surface area contributed by atoms with E-state index in [1.165, 1.54) is 17.5 Å². The summed E-state index contributed by atoms with van der Waals surface area (Å²) < 4.78 is 1.67. The lowest BCUT2D eigenvalue weighted by Gasteiger charge is -2.29. The zero-order valence-corrected chi connectivity index (χ0v) is 17.4. The Kier molecular flexibility index (Phi) is 4.21. The Hall–Kier alpha value is -3.81. The third-order valence-electron chi connectivity index (χ3n) is 6.66. The minimum absolute atomic E-state index is 0.199. The molecule has 2 aliphatic heterocycles. The molecule has 8 nitrogen and oxygen atoms in total. The van der Waals surface area contributed by atoms with Crippen LogP contribution in [-0.4, -0.2) is 43.7 Å². The van der Waals surface area contributed by atoms with Crippen LogP contribution in [-0.2, 0) is 29.0 Å². The molecule has 0 radical (unpaired) electrons. The smallest absolute Gasteiger partial charge is 0.255 e. The standard InChI is InChI=1S/C24H21N5O3/c30-22-9-8-21(23(31)25-22)28-12-17-6-7-18(11-19(17)24(28)32)29-13-20(26-27-29)16-5-4-14-2-1-3-15(14)10-16/h4-7,10-11,13,21H,1-3,8-9,12H2,(H,25,30,31). The van der Waals surface area contributed by atoms with Gasteiger partial charge in [0.15, 0.2) is 0 Å². The van der Waals surface area contributed by atoms with E-state index in [1.807, 2.05) is 18.3 Å². The van der Waals surface area contributed by atoms with Crippen molar-refractivity contribution in [3.05, 3.63) is 64.8 Å². The highest BCUT2D eigenvalue weighted by molar-refractivity contribution is 6.05. The topological polar surface area (TPSA) is 97.2 Å². The van der Waals surface area contributed by atoms with Crippen molar-refractivity contribution in [1.29, 1.82) is 0 Å². The molecule has 0 spiro atoms. The highest BCUT2D eigenvalue weighted by atomic mass is 16.2. The summed E-state index contributed by atoms with van der Waals surface area (Å²) in [6.45, 7) is 0.360. The van der Waals surface area contributed by atoms with E-state index in [0.717, 1.165) is 35.3 Å². The predicted molar refractivity (Wildman–Crippen MR) is 115 cm³/mol. The van der Waals surface area contributed by atoms with Crippen LogP contribution in [0.3, 0.4) is 0 Å². The second-order valence-electron chi connectivity index (χ2n) is 8.63. The highest BCUT2D eigenvalue weighted by Crippen LogP contribution is 2.30. The van der Waals surface area contributed by atoms with Gasteiger partial charge >= 0.3 is 0 Å². The first-order valence-electron chi connectivity index (χ1n) is 10.9. The SMILES string of the molecule is O=C1CCC(N2Cc3ccc(-n4cc(-c5ccc6c(c5)CCC6)nn4)cc3C2=O)C(=O)N1. The molecule has 1 unspecified atom stereocenters. The lowest BCUT2D eigenvalue weighted by Crippen LogP contribution is -2.52. The van der Waals surface area contributed by atoms with Crippen LogP contribution in [0.4, 0.5) is 0 Å². The van der Waals surface area contributed by atoms with E-state index in [9.17, 15) is 14.4 Å². The van der Waals surface area contributed by atoms with Crippen LogP contribution < -0.4 is 5.32 Å². The number of piperidine rings is 1. The van der Waals surface area contributed by atoms with Gasteiger partial charge in [-0.15, -0.1) is 5.10 Å². The van der Waals surface area contributed by atoms with Crippen LogP contribution in [0.1, 0.15) is 46.3 Å². The minimum atomic E-state index is -0.617. The molecule has 3 aliphatic rings. The quantitative estimate of drug-likeness (QED) is 0.647. The predicted octanol–water partition coefficient (Wildman–Crippen LogP) is 2.18. The molecule has 6 rings (SSSR count). The van der Waals surface area contributed by atoms with E-state index in [2.05, 4.69) is 33.8 Å². The second kappa shape index (κ2) is 7.12. The van der Waals surface area contributed by atoms with Crippen LogP contribution in [0.5, 0.6) is 0 Å². The summed E-state index contributed by atoms with van der Waals surface area (Å²) in [4.78, 5) is 38.3. The number of hydrogen-bond donors (Lipinski definition) is 1. The molecule has 2 aromatic carbocycles. The maximum Gasteiger partial charge on any atom is 0.255 e. The van der Waals surface area contributed by atoms with E-state index in [0.29, 0.717) is 18.5 Å². The van der Waals surface area contributed by atoms with Gasteiger partial charge in [0, 0.05) is 24.1 Å². The maximum absolute atomic E-state index is 13.1. The third kappa shape index (κ3) is 3.02. The maximum atomic E-state index is 13.1. The Morgan fingerprint density at radius 1 is 0.938 bits per heavy atom. The van der Waals surface area contributed by atoms with Crippen LogP contribution in [0, 0.1) is 0 Å². The monoisotopic (exact) mass is 427 g/mol. The number of nitrogens with one attached hydrogen (secondary N) is 1. The van der Waals surface area contributed by atoms with Crippen molar-refractivity contribution in [2.24, 2.45) is 0 Å². The molecule has 3 heterocycles. The van der Waals surface area contributed by atoms with Crippen molar-refractivity contribution in [2.75, 3.05) is 0 Å².